The van der Waals surface area contributed by atoms with Gasteiger partial charge in [-0.05, 0) is 25.2 Å². The predicted molar refractivity (Wildman–Crippen MR) is 66.9 cm³/mol. The molecule has 0 atom stereocenters. The van der Waals surface area contributed by atoms with Crippen LogP contribution in [0.15, 0.2) is 12.4 Å². The van der Waals surface area contributed by atoms with E-state index >= 15 is 0 Å². The minimum absolute atomic E-state index is 0.479. The summed E-state index contributed by atoms with van der Waals surface area (Å²) >= 11 is 5.88. The molecule has 88 valence electrons. The van der Waals surface area contributed by atoms with Crippen LogP contribution in [0, 0.1) is 5.92 Å². The maximum absolute atomic E-state index is 5.88. The molecule has 1 aliphatic carbocycles. The van der Waals surface area contributed by atoms with E-state index in [0.29, 0.717) is 17.1 Å². The first-order valence-electron chi connectivity index (χ1n) is 5.91. The highest BCUT2D eigenvalue weighted by molar-refractivity contribution is 6.29. The fourth-order valence-electron chi connectivity index (χ4n) is 1.74. The van der Waals surface area contributed by atoms with E-state index in [1.54, 1.807) is 6.20 Å². The molecule has 0 amide bonds. The zero-order valence-corrected chi connectivity index (χ0v) is 10.6. The molecule has 1 fully saturated rings. The Morgan fingerprint density at radius 3 is 2.75 bits per heavy atom. The van der Waals surface area contributed by atoms with Crippen LogP contribution in [0.2, 0.25) is 5.15 Å². The van der Waals surface area contributed by atoms with Gasteiger partial charge in [0, 0.05) is 12.6 Å². The van der Waals surface area contributed by atoms with Gasteiger partial charge in [-0.1, -0.05) is 25.4 Å². The van der Waals surface area contributed by atoms with Crippen molar-refractivity contribution in [3.63, 3.8) is 0 Å². The zero-order valence-electron chi connectivity index (χ0n) is 9.86. The molecule has 0 saturated heterocycles. The Morgan fingerprint density at radius 2 is 2.19 bits per heavy atom. The molecule has 3 nitrogen and oxygen atoms in total. The van der Waals surface area contributed by atoms with Crippen molar-refractivity contribution in [3.05, 3.63) is 17.5 Å². The Kier molecular flexibility index (Phi) is 3.64. The Labute approximate surface area is 102 Å². The molecule has 1 saturated carbocycles. The molecule has 0 aliphatic heterocycles. The van der Waals surface area contributed by atoms with Crippen molar-refractivity contribution in [2.45, 2.75) is 39.2 Å². The van der Waals surface area contributed by atoms with Crippen LogP contribution in [-0.4, -0.2) is 22.6 Å². The highest BCUT2D eigenvalue weighted by atomic mass is 35.5. The van der Waals surface area contributed by atoms with E-state index in [4.69, 9.17) is 11.6 Å². The maximum atomic E-state index is 5.88. The van der Waals surface area contributed by atoms with Crippen molar-refractivity contribution < 1.29 is 0 Å². The summed E-state index contributed by atoms with van der Waals surface area (Å²) in [5.41, 5.74) is 0. The molecule has 0 unspecified atom stereocenters. The number of anilines is 1. The largest absolute Gasteiger partial charge is 0.352 e. The first-order chi connectivity index (χ1) is 7.66. The third-order valence-corrected chi connectivity index (χ3v) is 3.00. The van der Waals surface area contributed by atoms with E-state index in [1.807, 2.05) is 6.20 Å². The summed E-state index contributed by atoms with van der Waals surface area (Å²) in [6.45, 7) is 5.54. The van der Waals surface area contributed by atoms with Crippen LogP contribution in [0.1, 0.15) is 33.1 Å². The molecule has 0 N–H and O–H groups in total. The van der Waals surface area contributed by atoms with Gasteiger partial charge < -0.3 is 4.90 Å². The van der Waals surface area contributed by atoms with Crippen LogP contribution < -0.4 is 4.90 Å². The summed E-state index contributed by atoms with van der Waals surface area (Å²) in [4.78, 5) is 10.8. The van der Waals surface area contributed by atoms with E-state index in [2.05, 4.69) is 28.7 Å². The second kappa shape index (κ2) is 5.00. The predicted octanol–water partition coefficient (Wildman–Crippen LogP) is 3.14. The maximum Gasteiger partial charge on any atom is 0.149 e. The van der Waals surface area contributed by atoms with Gasteiger partial charge in [0.2, 0.25) is 0 Å². The average molecular weight is 240 g/mol. The number of hydrogen-bond acceptors (Lipinski definition) is 3. The second-order valence-electron chi connectivity index (χ2n) is 4.81. The van der Waals surface area contributed by atoms with Crippen LogP contribution in [0.4, 0.5) is 5.82 Å². The third kappa shape index (κ3) is 3.08. The van der Waals surface area contributed by atoms with Crippen LogP contribution in [-0.2, 0) is 0 Å². The van der Waals surface area contributed by atoms with E-state index in [-0.39, 0.29) is 0 Å². The van der Waals surface area contributed by atoms with Gasteiger partial charge in [-0.3, -0.25) is 4.98 Å². The molecule has 0 radical (unpaired) electrons. The van der Waals surface area contributed by atoms with Gasteiger partial charge in [-0.25, -0.2) is 4.98 Å². The Hall–Kier alpha value is -0.830. The molecule has 0 bridgehead atoms. The van der Waals surface area contributed by atoms with E-state index < -0.39 is 0 Å². The van der Waals surface area contributed by atoms with Crippen molar-refractivity contribution in [2.75, 3.05) is 11.4 Å². The van der Waals surface area contributed by atoms with Crippen LogP contribution >= 0.6 is 11.6 Å². The molecule has 1 aliphatic rings. The van der Waals surface area contributed by atoms with Crippen molar-refractivity contribution in [2.24, 2.45) is 5.92 Å². The molecule has 16 heavy (non-hydrogen) atoms. The first kappa shape index (κ1) is 11.6. The van der Waals surface area contributed by atoms with Crippen LogP contribution in [0.3, 0.4) is 0 Å². The number of aromatic nitrogens is 2. The Morgan fingerprint density at radius 1 is 1.44 bits per heavy atom. The molecule has 1 aromatic rings. The van der Waals surface area contributed by atoms with E-state index in [9.17, 15) is 0 Å². The monoisotopic (exact) mass is 239 g/mol. The fraction of sp³-hybridized carbons (Fsp3) is 0.667. The highest BCUT2D eigenvalue weighted by Gasteiger charge is 2.30. The summed E-state index contributed by atoms with van der Waals surface area (Å²) < 4.78 is 0. The number of halogens is 1. The molecular formula is C12H18ClN3. The topological polar surface area (TPSA) is 29.0 Å². The standard InChI is InChI=1S/C12H18ClN3/c1-9(2)5-6-16(10-3-4-10)12-8-14-7-11(13)15-12/h7-10H,3-6H2,1-2H3. The lowest BCUT2D eigenvalue weighted by Crippen LogP contribution is -2.28. The fourth-order valence-corrected chi connectivity index (χ4v) is 1.88. The van der Waals surface area contributed by atoms with Crippen LogP contribution in [0.25, 0.3) is 0 Å². The Bertz CT molecular complexity index is 350. The van der Waals surface area contributed by atoms with E-state index in [1.165, 1.54) is 19.3 Å². The summed E-state index contributed by atoms with van der Waals surface area (Å²) in [6, 6.07) is 0.659. The van der Waals surface area contributed by atoms with Crippen molar-refractivity contribution in [1.29, 1.82) is 0 Å². The van der Waals surface area contributed by atoms with Crippen molar-refractivity contribution in [3.8, 4) is 0 Å². The first-order valence-corrected chi connectivity index (χ1v) is 6.29. The molecule has 0 spiro atoms. The minimum Gasteiger partial charge on any atom is -0.352 e. The average Bonchev–Trinajstić information content (AvgIpc) is 3.02. The van der Waals surface area contributed by atoms with Gasteiger partial charge in [0.05, 0.1) is 12.4 Å². The molecule has 4 heteroatoms. The molecular weight excluding hydrogens is 222 g/mol. The lowest BCUT2D eigenvalue weighted by Gasteiger charge is -2.24. The lowest BCUT2D eigenvalue weighted by atomic mass is 10.1. The second-order valence-corrected chi connectivity index (χ2v) is 5.19. The summed E-state index contributed by atoms with van der Waals surface area (Å²) in [5, 5.41) is 0.479. The number of nitrogens with zero attached hydrogens (tertiary/aromatic N) is 3. The number of hydrogen-bond donors (Lipinski definition) is 0. The third-order valence-electron chi connectivity index (χ3n) is 2.82. The lowest BCUT2D eigenvalue weighted by molar-refractivity contribution is 0.568. The summed E-state index contributed by atoms with van der Waals surface area (Å²) in [6.07, 6.45) is 7.12. The van der Waals surface area contributed by atoms with Crippen molar-refractivity contribution >= 4 is 17.4 Å². The molecule has 1 heterocycles. The van der Waals surface area contributed by atoms with Crippen LogP contribution in [0.5, 0.6) is 0 Å². The minimum atomic E-state index is 0.479. The highest BCUT2D eigenvalue weighted by Crippen LogP contribution is 2.31. The molecule has 1 aromatic heterocycles. The van der Waals surface area contributed by atoms with E-state index in [0.717, 1.165) is 12.4 Å². The van der Waals surface area contributed by atoms with Gasteiger partial charge in [-0.2, -0.15) is 0 Å². The SMILES string of the molecule is CC(C)CCN(c1cncc(Cl)n1)C1CC1. The normalized spacial score (nSPS) is 15.5. The van der Waals surface area contributed by atoms with Crippen molar-refractivity contribution in [1.82, 2.24) is 9.97 Å². The van der Waals surface area contributed by atoms with Gasteiger partial charge in [0.15, 0.2) is 0 Å². The molecule has 2 rings (SSSR count). The quantitative estimate of drug-likeness (QED) is 0.791. The van der Waals surface area contributed by atoms with Gasteiger partial charge in [0.25, 0.3) is 0 Å². The summed E-state index contributed by atoms with van der Waals surface area (Å²) in [5.74, 6) is 1.64. The number of rotatable bonds is 5. The Balaban J connectivity index is 2.06. The van der Waals surface area contributed by atoms with Gasteiger partial charge in [0.1, 0.15) is 11.0 Å². The zero-order chi connectivity index (χ0) is 11.5. The van der Waals surface area contributed by atoms with Gasteiger partial charge >= 0.3 is 0 Å². The smallest absolute Gasteiger partial charge is 0.149 e. The summed E-state index contributed by atoms with van der Waals surface area (Å²) in [7, 11) is 0. The van der Waals surface area contributed by atoms with Gasteiger partial charge in [-0.15, -0.1) is 0 Å². The molecule has 0 aromatic carbocycles.